The minimum absolute atomic E-state index is 0.0454. The lowest BCUT2D eigenvalue weighted by Gasteiger charge is -2.35. The molecular weight excluding hydrogens is 240 g/mol. The van der Waals surface area contributed by atoms with Crippen molar-refractivity contribution >= 4 is 5.91 Å². The third-order valence-corrected chi connectivity index (χ3v) is 4.38. The SMILES string of the molecule is CC(N)(C(=O)N1CCc2ccc(O)cc2C1)C1CC1. The molecule has 1 saturated carbocycles. The van der Waals surface area contributed by atoms with E-state index in [9.17, 15) is 9.90 Å². The topological polar surface area (TPSA) is 66.6 Å². The molecule has 1 atom stereocenters. The minimum Gasteiger partial charge on any atom is -0.508 e. The lowest BCUT2D eigenvalue weighted by Crippen LogP contribution is -2.55. The van der Waals surface area contributed by atoms with E-state index in [2.05, 4.69) is 0 Å². The molecule has 1 aliphatic heterocycles. The zero-order chi connectivity index (χ0) is 13.6. The van der Waals surface area contributed by atoms with Crippen LogP contribution < -0.4 is 5.73 Å². The molecule has 1 heterocycles. The minimum atomic E-state index is -0.728. The van der Waals surface area contributed by atoms with Crippen molar-refractivity contribution in [2.24, 2.45) is 11.7 Å². The van der Waals surface area contributed by atoms with Gasteiger partial charge in [-0.2, -0.15) is 0 Å². The first-order chi connectivity index (χ1) is 8.98. The van der Waals surface area contributed by atoms with E-state index in [0.717, 1.165) is 31.4 Å². The van der Waals surface area contributed by atoms with E-state index >= 15 is 0 Å². The number of phenolic OH excluding ortho intramolecular Hbond substituents is 1. The number of rotatable bonds is 2. The summed E-state index contributed by atoms with van der Waals surface area (Å²) >= 11 is 0. The monoisotopic (exact) mass is 260 g/mol. The van der Waals surface area contributed by atoms with Crippen LogP contribution in [0.3, 0.4) is 0 Å². The molecule has 1 aromatic rings. The summed E-state index contributed by atoms with van der Waals surface area (Å²) in [4.78, 5) is 14.4. The normalized spacial score (nSPS) is 21.7. The van der Waals surface area contributed by atoms with E-state index in [4.69, 9.17) is 5.73 Å². The number of nitrogens with zero attached hydrogens (tertiary/aromatic N) is 1. The summed E-state index contributed by atoms with van der Waals surface area (Å²) in [6.45, 7) is 3.13. The summed E-state index contributed by atoms with van der Waals surface area (Å²) in [5, 5.41) is 9.54. The Kier molecular flexibility index (Phi) is 2.78. The Morgan fingerprint density at radius 2 is 2.16 bits per heavy atom. The van der Waals surface area contributed by atoms with Gasteiger partial charge in [0.25, 0.3) is 0 Å². The molecule has 4 nitrogen and oxygen atoms in total. The number of nitrogens with two attached hydrogens (primary N) is 1. The molecule has 1 fully saturated rings. The first-order valence-corrected chi connectivity index (χ1v) is 6.87. The molecule has 0 saturated heterocycles. The number of hydrogen-bond donors (Lipinski definition) is 2. The molecule has 3 N–H and O–H groups in total. The Morgan fingerprint density at radius 3 is 2.84 bits per heavy atom. The first-order valence-electron chi connectivity index (χ1n) is 6.87. The molecular formula is C15H20N2O2. The number of benzene rings is 1. The largest absolute Gasteiger partial charge is 0.508 e. The van der Waals surface area contributed by atoms with Crippen molar-refractivity contribution in [1.82, 2.24) is 4.90 Å². The van der Waals surface area contributed by atoms with Crippen molar-refractivity contribution in [3.63, 3.8) is 0 Å². The van der Waals surface area contributed by atoms with Crippen LogP contribution in [0.15, 0.2) is 18.2 Å². The molecule has 0 aromatic heterocycles. The van der Waals surface area contributed by atoms with Gasteiger partial charge in [0.2, 0.25) is 5.91 Å². The number of amides is 1. The highest BCUT2D eigenvalue weighted by atomic mass is 16.3. The number of carbonyl (C=O) groups excluding carboxylic acids is 1. The lowest BCUT2D eigenvalue weighted by molar-refractivity contribution is -0.138. The van der Waals surface area contributed by atoms with E-state index in [1.54, 1.807) is 12.1 Å². The Balaban J connectivity index is 1.79. The van der Waals surface area contributed by atoms with Crippen LogP contribution in [0.4, 0.5) is 0 Å². The molecule has 1 aromatic carbocycles. The van der Waals surface area contributed by atoms with E-state index in [0.29, 0.717) is 12.5 Å². The van der Waals surface area contributed by atoms with E-state index in [1.165, 1.54) is 5.56 Å². The molecule has 1 unspecified atom stereocenters. The molecule has 3 rings (SSSR count). The summed E-state index contributed by atoms with van der Waals surface area (Å²) in [5.74, 6) is 0.639. The number of hydrogen-bond acceptors (Lipinski definition) is 3. The van der Waals surface area contributed by atoms with Gasteiger partial charge in [-0.15, -0.1) is 0 Å². The summed E-state index contributed by atoms with van der Waals surface area (Å²) < 4.78 is 0. The fraction of sp³-hybridized carbons (Fsp3) is 0.533. The lowest BCUT2D eigenvalue weighted by atomic mass is 9.92. The van der Waals surface area contributed by atoms with Crippen molar-refractivity contribution in [3.8, 4) is 5.75 Å². The van der Waals surface area contributed by atoms with Gasteiger partial charge >= 0.3 is 0 Å². The fourth-order valence-corrected chi connectivity index (χ4v) is 2.92. The Bertz CT molecular complexity index is 521. The first kappa shape index (κ1) is 12.5. The van der Waals surface area contributed by atoms with Gasteiger partial charge in [-0.05, 0) is 55.4 Å². The van der Waals surface area contributed by atoms with Gasteiger partial charge in [0.05, 0.1) is 5.54 Å². The molecule has 1 aliphatic carbocycles. The maximum absolute atomic E-state index is 12.5. The summed E-state index contributed by atoms with van der Waals surface area (Å²) in [5.41, 5.74) is 7.73. The molecule has 102 valence electrons. The average molecular weight is 260 g/mol. The predicted molar refractivity (Wildman–Crippen MR) is 72.5 cm³/mol. The van der Waals surface area contributed by atoms with Gasteiger partial charge in [0.1, 0.15) is 5.75 Å². The molecule has 2 aliphatic rings. The van der Waals surface area contributed by atoms with Crippen LogP contribution in [0.1, 0.15) is 30.9 Å². The van der Waals surface area contributed by atoms with Crippen molar-refractivity contribution in [2.75, 3.05) is 6.54 Å². The maximum Gasteiger partial charge on any atom is 0.242 e. The average Bonchev–Trinajstić information content (AvgIpc) is 3.21. The van der Waals surface area contributed by atoms with Crippen LogP contribution in [-0.2, 0) is 17.8 Å². The second-order valence-electron chi connectivity index (χ2n) is 5.99. The van der Waals surface area contributed by atoms with Crippen LogP contribution in [0, 0.1) is 5.92 Å². The predicted octanol–water partition coefficient (Wildman–Crippen LogP) is 1.40. The maximum atomic E-state index is 12.5. The Morgan fingerprint density at radius 1 is 1.42 bits per heavy atom. The van der Waals surface area contributed by atoms with Crippen molar-refractivity contribution in [1.29, 1.82) is 0 Å². The number of aromatic hydroxyl groups is 1. The highest BCUT2D eigenvalue weighted by Gasteiger charge is 2.46. The highest BCUT2D eigenvalue weighted by molar-refractivity contribution is 5.86. The van der Waals surface area contributed by atoms with Crippen LogP contribution in [0.5, 0.6) is 5.75 Å². The molecule has 1 amide bonds. The van der Waals surface area contributed by atoms with Crippen molar-refractivity contribution in [2.45, 2.75) is 38.3 Å². The van der Waals surface area contributed by atoms with Crippen LogP contribution in [0.2, 0.25) is 0 Å². The third kappa shape index (κ3) is 2.21. The highest BCUT2D eigenvalue weighted by Crippen LogP contribution is 2.39. The Labute approximate surface area is 113 Å². The van der Waals surface area contributed by atoms with Crippen LogP contribution >= 0.6 is 0 Å². The fourth-order valence-electron chi connectivity index (χ4n) is 2.92. The summed E-state index contributed by atoms with van der Waals surface area (Å²) in [6.07, 6.45) is 2.95. The summed E-state index contributed by atoms with van der Waals surface area (Å²) in [7, 11) is 0. The van der Waals surface area contributed by atoms with E-state index < -0.39 is 5.54 Å². The van der Waals surface area contributed by atoms with Gasteiger partial charge in [-0.3, -0.25) is 4.79 Å². The number of fused-ring (bicyclic) bond motifs is 1. The Hall–Kier alpha value is -1.55. The number of carbonyl (C=O) groups is 1. The summed E-state index contributed by atoms with van der Waals surface area (Å²) in [6, 6.07) is 5.39. The van der Waals surface area contributed by atoms with Gasteiger partial charge < -0.3 is 15.7 Å². The van der Waals surface area contributed by atoms with Crippen LogP contribution in [-0.4, -0.2) is 28.0 Å². The molecule has 0 bridgehead atoms. The van der Waals surface area contributed by atoms with Crippen LogP contribution in [0.25, 0.3) is 0 Å². The second kappa shape index (κ2) is 4.23. The standard InChI is InChI=1S/C15H20N2O2/c1-15(16,12-3-4-12)14(19)17-7-6-10-2-5-13(18)8-11(10)9-17/h2,5,8,12,18H,3-4,6-7,9,16H2,1H3. The number of phenols is 1. The van der Waals surface area contributed by atoms with E-state index in [-0.39, 0.29) is 11.7 Å². The molecule has 4 heteroatoms. The van der Waals surface area contributed by atoms with E-state index in [1.807, 2.05) is 17.9 Å². The molecule has 0 spiro atoms. The van der Waals surface area contributed by atoms with Crippen molar-refractivity contribution < 1.29 is 9.90 Å². The van der Waals surface area contributed by atoms with Gasteiger partial charge in [-0.1, -0.05) is 6.07 Å². The zero-order valence-electron chi connectivity index (χ0n) is 11.2. The van der Waals surface area contributed by atoms with Gasteiger partial charge in [0.15, 0.2) is 0 Å². The quantitative estimate of drug-likeness (QED) is 0.844. The second-order valence-corrected chi connectivity index (χ2v) is 5.99. The van der Waals surface area contributed by atoms with Gasteiger partial charge in [-0.25, -0.2) is 0 Å². The zero-order valence-corrected chi connectivity index (χ0v) is 11.2. The smallest absolute Gasteiger partial charge is 0.242 e. The third-order valence-electron chi connectivity index (χ3n) is 4.38. The van der Waals surface area contributed by atoms with Crippen molar-refractivity contribution in [3.05, 3.63) is 29.3 Å². The van der Waals surface area contributed by atoms with Gasteiger partial charge in [0, 0.05) is 13.1 Å². The molecule has 0 radical (unpaired) electrons. The molecule has 19 heavy (non-hydrogen) atoms.